The van der Waals surface area contributed by atoms with Gasteiger partial charge in [0.25, 0.3) is 0 Å². The first-order chi connectivity index (χ1) is 7.84. The SMILES string of the molecule is Cc1ncc(CCNCc2ccncc2)s1. The Morgan fingerprint density at radius 3 is 2.81 bits per heavy atom. The normalized spacial score (nSPS) is 10.6. The van der Waals surface area contributed by atoms with Crippen LogP contribution >= 0.6 is 11.3 Å². The Kier molecular flexibility index (Phi) is 4.02. The molecule has 0 aliphatic rings. The van der Waals surface area contributed by atoms with Gasteiger partial charge in [0.2, 0.25) is 0 Å². The van der Waals surface area contributed by atoms with E-state index in [0.717, 1.165) is 24.5 Å². The Hall–Kier alpha value is -1.26. The van der Waals surface area contributed by atoms with Gasteiger partial charge in [-0.25, -0.2) is 4.98 Å². The summed E-state index contributed by atoms with van der Waals surface area (Å²) in [5, 5.41) is 4.55. The zero-order chi connectivity index (χ0) is 11.2. The predicted molar refractivity (Wildman–Crippen MR) is 66.5 cm³/mol. The topological polar surface area (TPSA) is 37.8 Å². The van der Waals surface area contributed by atoms with Gasteiger partial charge in [-0.3, -0.25) is 4.98 Å². The first-order valence-electron chi connectivity index (χ1n) is 5.35. The highest BCUT2D eigenvalue weighted by Gasteiger charge is 1.97. The average molecular weight is 233 g/mol. The number of nitrogens with one attached hydrogen (secondary N) is 1. The molecule has 0 aliphatic heterocycles. The molecule has 2 aromatic rings. The van der Waals surface area contributed by atoms with E-state index in [2.05, 4.69) is 15.3 Å². The second-order valence-corrected chi connectivity index (χ2v) is 4.95. The number of nitrogens with zero attached hydrogens (tertiary/aromatic N) is 2. The third-order valence-corrected chi connectivity index (χ3v) is 3.27. The van der Waals surface area contributed by atoms with Gasteiger partial charge in [0.15, 0.2) is 0 Å². The van der Waals surface area contributed by atoms with Crippen LogP contribution in [0.2, 0.25) is 0 Å². The zero-order valence-electron chi connectivity index (χ0n) is 9.31. The van der Waals surface area contributed by atoms with Crippen LogP contribution in [0.3, 0.4) is 0 Å². The number of aryl methyl sites for hydroxylation is 1. The molecule has 0 radical (unpaired) electrons. The van der Waals surface area contributed by atoms with E-state index in [4.69, 9.17) is 0 Å². The van der Waals surface area contributed by atoms with Crippen molar-refractivity contribution >= 4 is 11.3 Å². The monoisotopic (exact) mass is 233 g/mol. The van der Waals surface area contributed by atoms with Gasteiger partial charge in [-0.05, 0) is 31.0 Å². The molecule has 0 fully saturated rings. The fourth-order valence-electron chi connectivity index (χ4n) is 1.47. The minimum absolute atomic E-state index is 0.903. The van der Waals surface area contributed by atoms with Crippen LogP contribution in [-0.2, 0) is 13.0 Å². The summed E-state index contributed by atoms with van der Waals surface area (Å²) in [6.45, 7) is 3.93. The molecule has 0 bridgehead atoms. The fraction of sp³-hybridized carbons (Fsp3) is 0.333. The summed E-state index contributed by atoms with van der Waals surface area (Å²) >= 11 is 1.77. The summed E-state index contributed by atoms with van der Waals surface area (Å²) in [5.74, 6) is 0. The zero-order valence-corrected chi connectivity index (χ0v) is 10.1. The molecule has 0 unspecified atom stereocenters. The van der Waals surface area contributed by atoms with Gasteiger partial charge in [0.1, 0.15) is 0 Å². The molecule has 0 atom stereocenters. The lowest BCUT2D eigenvalue weighted by Gasteiger charge is -2.02. The van der Waals surface area contributed by atoms with Crippen LogP contribution in [0.25, 0.3) is 0 Å². The van der Waals surface area contributed by atoms with Gasteiger partial charge in [0.05, 0.1) is 5.01 Å². The van der Waals surface area contributed by atoms with Crippen molar-refractivity contribution in [2.75, 3.05) is 6.54 Å². The molecule has 1 N–H and O–H groups in total. The van der Waals surface area contributed by atoms with Crippen molar-refractivity contribution in [2.45, 2.75) is 19.9 Å². The van der Waals surface area contributed by atoms with Crippen LogP contribution in [0.5, 0.6) is 0 Å². The van der Waals surface area contributed by atoms with Gasteiger partial charge in [-0.2, -0.15) is 0 Å². The maximum Gasteiger partial charge on any atom is 0.0896 e. The van der Waals surface area contributed by atoms with Gasteiger partial charge in [0, 0.05) is 36.6 Å². The van der Waals surface area contributed by atoms with Gasteiger partial charge >= 0.3 is 0 Å². The second kappa shape index (κ2) is 5.72. The van der Waals surface area contributed by atoms with E-state index in [9.17, 15) is 0 Å². The Balaban J connectivity index is 1.69. The molecule has 4 heteroatoms. The van der Waals surface area contributed by atoms with E-state index in [1.54, 1.807) is 11.3 Å². The average Bonchev–Trinajstić information content (AvgIpc) is 2.72. The largest absolute Gasteiger partial charge is 0.312 e. The summed E-state index contributed by atoms with van der Waals surface area (Å²) < 4.78 is 0. The smallest absolute Gasteiger partial charge is 0.0896 e. The van der Waals surface area contributed by atoms with Gasteiger partial charge in [-0.15, -0.1) is 11.3 Å². The lowest BCUT2D eigenvalue weighted by molar-refractivity contribution is 0.689. The van der Waals surface area contributed by atoms with E-state index in [1.807, 2.05) is 37.6 Å². The molecule has 2 heterocycles. The quantitative estimate of drug-likeness (QED) is 0.804. The number of hydrogen-bond donors (Lipinski definition) is 1. The number of rotatable bonds is 5. The fourth-order valence-corrected chi connectivity index (χ4v) is 2.26. The predicted octanol–water partition coefficient (Wildman–Crippen LogP) is 2.18. The lowest BCUT2D eigenvalue weighted by atomic mass is 10.2. The first-order valence-corrected chi connectivity index (χ1v) is 6.17. The van der Waals surface area contributed by atoms with E-state index < -0.39 is 0 Å². The van der Waals surface area contributed by atoms with E-state index in [0.29, 0.717) is 0 Å². The van der Waals surface area contributed by atoms with Gasteiger partial charge in [-0.1, -0.05) is 0 Å². The number of hydrogen-bond acceptors (Lipinski definition) is 4. The van der Waals surface area contributed by atoms with E-state index in [-0.39, 0.29) is 0 Å². The minimum atomic E-state index is 0.903. The van der Waals surface area contributed by atoms with Crippen molar-refractivity contribution in [3.63, 3.8) is 0 Å². The van der Waals surface area contributed by atoms with Crippen LogP contribution in [0.1, 0.15) is 15.4 Å². The molecule has 0 aromatic carbocycles. The van der Waals surface area contributed by atoms with E-state index in [1.165, 1.54) is 10.4 Å². The highest BCUT2D eigenvalue weighted by molar-refractivity contribution is 7.11. The van der Waals surface area contributed by atoms with Crippen LogP contribution in [-0.4, -0.2) is 16.5 Å². The van der Waals surface area contributed by atoms with Gasteiger partial charge < -0.3 is 5.32 Å². The molecule has 0 saturated carbocycles. The minimum Gasteiger partial charge on any atom is -0.312 e. The standard InChI is InChI=1S/C12H15N3S/c1-10-15-9-12(16-10)4-7-14-8-11-2-5-13-6-3-11/h2-3,5-6,9,14H,4,7-8H2,1H3. The highest BCUT2D eigenvalue weighted by atomic mass is 32.1. The number of aromatic nitrogens is 2. The van der Waals surface area contributed by atoms with Crippen molar-refractivity contribution in [1.82, 2.24) is 15.3 Å². The maximum atomic E-state index is 4.24. The summed E-state index contributed by atoms with van der Waals surface area (Å²) in [5.41, 5.74) is 1.27. The Morgan fingerprint density at radius 2 is 2.12 bits per heavy atom. The van der Waals surface area contributed by atoms with Crippen molar-refractivity contribution in [3.05, 3.63) is 46.2 Å². The molecule has 0 spiro atoms. The molecule has 2 aromatic heterocycles. The summed E-state index contributed by atoms with van der Waals surface area (Å²) in [6.07, 6.45) is 6.66. The second-order valence-electron chi connectivity index (χ2n) is 3.63. The first kappa shape index (κ1) is 11.2. The van der Waals surface area contributed by atoms with E-state index >= 15 is 0 Å². The molecule has 0 aliphatic carbocycles. The third-order valence-electron chi connectivity index (χ3n) is 2.30. The molecule has 84 valence electrons. The molecular weight excluding hydrogens is 218 g/mol. The molecule has 2 rings (SSSR count). The van der Waals surface area contributed by atoms with Crippen molar-refractivity contribution in [1.29, 1.82) is 0 Å². The summed E-state index contributed by atoms with van der Waals surface area (Å²) in [6, 6.07) is 4.06. The van der Waals surface area contributed by atoms with Crippen LogP contribution in [0.4, 0.5) is 0 Å². The van der Waals surface area contributed by atoms with Crippen molar-refractivity contribution < 1.29 is 0 Å². The third kappa shape index (κ3) is 3.40. The molecule has 0 saturated heterocycles. The van der Waals surface area contributed by atoms with Crippen LogP contribution < -0.4 is 5.32 Å². The Labute approximate surface area is 99.6 Å². The Morgan fingerprint density at radius 1 is 1.31 bits per heavy atom. The maximum absolute atomic E-state index is 4.24. The molecule has 0 amide bonds. The summed E-state index contributed by atoms with van der Waals surface area (Å²) in [4.78, 5) is 9.57. The highest BCUT2D eigenvalue weighted by Crippen LogP contribution is 2.11. The Bertz CT molecular complexity index is 425. The molecule has 16 heavy (non-hydrogen) atoms. The lowest BCUT2D eigenvalue weighted by Crippen LogP contribution is -2.16. The molecular formula is C12H15N3S. The number of thiazole rings is 1. The number of pyridine rings is 1. The summed E-state index contributed by atoms with van der Waals surface area (Å²) in [7, 11) is 0. The van der Waals surface area contributed by atoms with Crippen molar-refractivity contribution in [2.24, 2.45) is 0 Å². The molecule has 3 nitrogen and oxygen atoms in total. The van der Waals surface area contributed by atoms with Crippen molar-refractivity contribution in [3.8, 4) is 0 Å². The van der Waals surface area contributed by atoms with Crippen LogP contribution in [0, 0.1) is 6.92 Å². The van der Waals surface area contributed by atoms with Crippen LogP contribution in [0.15, 0.2) is 30.7 Å².